The van der Waals surface area contributed by atoms with Gasteiger partial charge in [-0.1, -0.05) is 0 Å². The van der Waals surface area contributed by atoms with Gasteiger partial charge in [0.05, 0.1) is 0 Å². The van der Waals surface area contributed by atoms with Gasteiger partial charge in [-0.2, -0.15) is 0 Å². The van der Waals surface area contributed by atoms with Gasteiger partial charge in [0.25, 0.3) is 0 Å². The maximum absolute atomic E-state index is 13.2. The van der Waals surface area contributed by atoms with Gasteiger partial charge >= 0.3 is 0 Å². The molecular formula is C13H14ClFN2O. The van der Waals surface area contributed by atoms with E-state index in [2.05, 4.69) is 10.3 Å². The normalized spacial score (nSPS) is 10.8. The zero-order valence-corrected chi connectivity index (χ0v) is 10.8. The predicted octanol–water partition coefficient (Wildman–Crippen LogP) is 2.51. The van der Waals surface area contributed by atoms with Crippen molar-refractivity contribution in [2.45, 2.75) is 13.3 Å². The van der Waals surface area contributed by atoms with Crippen molar-refractivity contribution in [3.63, 3.8) is 0 Å². The molecule has 1 aromatic carbocycles. The molecule has 0 fully saturated rings. The van der Waals surface area contributed by atoms with Gasteiger partial charge in [0.15, 0.2) is 0 Å². The molecule has 2 aromatic rings. The van der Waals surface area contributed by atoms with Crippen LogP contribution in [0.5, 0.6) is 0 Å². The van der Waals surface area contributed by atoms with Gasteiger partial charge in [-0.05, 0) is 37.1 Å². The average Bonchev–Trinajstić information content (AvgIpc) is 2.65. The fourth-order valence-corrected chi connectivity index (χ4v) is 2.15. The molecule has 3 nitrogen and oxygen atoms in total. The van der Waals surface area contributed by atoms with Gasteiger partial charge in [-0.15, -0.1) is 11.6 Å². The van der Waals surface area contributed by atoms with E-state index < -0.39 is 0 Å². The highest BCUT2D eigenvalue weighted by Gasteiger charge is 2.09. The Kier molecular flexibility index (Phi) is 3.87. The van der Waals surface area contributed by atoms with Crippen LogP contribution in [0.25, 0.3) is 10.9 Å². The number of fused-ring (bicyclic) bond motifs is 1. The molecule has 1 amide bonds. The number of nitrogens with one attached hydrogen (secondary N) is 2. The predicted molar refractivity (Wildman–Crippen MR) is 70.4 cm³/mol. The number of alkyl halides is 1. The number of amides is 1. The quantitative estimate of drug-likeness (QED) is 0.823. The molecule has 0 atom stereocenters. The number of halogens is 2. The lowest BCUT2D eigenvalue weighted by Gasteiger charge is -2.03. The van der Waals surface area contributed by atoms with Gasteiger partial charge in [0.2, 0.25) is 5.91 Å². The molecular weight excluding hydrogens is 255 g/mol. The van der Waals surface area contributed by atoms with Crippen molar-refractivity contribution in [2.75, 3.05) is 12.4 Å². The van der Waals surface area contributed by atoms with Gasteiger partial charge in [-0.25, -0.2) is 4.39 Å². The second-order valence-corrected chi connectivity index (χ2v) is 4.42. The third kappa shape index (κ3) is 2.64. The largest absolute Gasteiger partial charge is 0.358 e. The highest BCUT2D eigenvalue weighted by molar-refractivity contribution is 6.27. The molecule has 0 spiro atoms. The lowest BCUT2D eigenvalue weighted by Crippen LogP contribution is -2.26. The van der Waals surface area contributed by atoms with Crippen molar-refractivity contribution in [3.05, 3.63) is 35.3 Å². The molecule has 96 valence electrons. The SMILES string of the molecule is Cc1[nH]c2ccc(F)cc2c1CCNC(=O)CCl. The number of carbonyl (C=O) groups is 1. The average molecular weight is 269 g/mol. The van der Waals surface area contributed by atoms with Crippen LogP contribution < -0.4 is 5.32 Å². The van der Waals surface area contributed by atoms with Crippen LogP contribution in [0.4, 0.5) is 4.39 Å². The third-order valence-electron chi connectivity index (χ3n) is 2.90. The maximum atomic E-state index is 13.2. The van der Waals surface area contributed by atoms with Gasteiger partial charge < -0.3 is 10.3 Å². The number of aromatic nitrogens is 1. The topological polar surface area (TPSA) is 44.9 Å². The Morgan fingerprint density at radius 3 is 3.00 bits per heavy atom. The molecule has 0 saturated heterocycles. The van der Waals surface area contributed by atoms with E-state index in [9.17, 15) is 9.18 Å². The second-order valence-electron chi connectivity index (χ2n) is 4.15. The minimum Gasteiger partial charge on any atom is -0.358 e. The highest BCUT2D eigenvalue weighted by Crippen LogP contribution is 2.23. The Bertz CT molecular complexity index is 580. The summed E-state index contributed by atoms with van der Waals surface area (Å²) in [5, 5.41) is 3.57. The van der Waals surface area contributed by atoms with Crippen LogP contribution in [0.2, 0.25) is 0 Å². The van der Waals surface area contributed by atoms with Crippen LogP contribution >= 0.6 is 11.6 Å². The van der Waals surface area contributed by atoms with Crippen LogP contribution in [-0.4, -0.2) is 23.3 Å². The van der Waals surface area contributed by atoms with E-state index in [-0.39, 0.29) is 17.6 Å². The van der Waals surface area contributed by atoms with E-state index in [1.54, 1.807) is 6.07 Å². The highest BCUT2D eigenvalue weighted by atomic mass is 35.5. The van der Waals surface area contributed by atoms with Crippen LogP contribution in [0.1, 0.15) is 11.3 Å². The number of carbonyl (C=O) groups excluding carboxylic acids is 1. The fraction of sp³-hybridized carbons (Fsp3) is 0.308. The van der Waals surface area contributed by atoms with E-state index in [1.807, 2.05) is 6.92 Å². The molecule has 0 aliphatic heterocycles. The summed E-state index contributed by atoms with van der Waals surface area (Å²) < 4.78 is 13.2. The Labute approximate surface area is 109 Å². The molecule has 1 aromatic heterocycles. The molecule has 18 heavy (non-hydrogen) atoms. The number of benzene rings is 1. The van der Waals surface area contributed by atoms with Crippen molar-refractivity contribution in [1.82, 2.24) is 10.3 Å². The minimum absolute atomic E-state index is 0.0402. The summed E-state index contributed by atoms with van der Waals surface area (Å²) in [5.41, 5.74) is 2.93. The first-order valence-electron chi connectivity index (χ1n) is 5.71. The smallest absolute Gasteiger partial charge is 0.234 e. The van der Waals surface area contributed by atoms with Gasteiger partial charge in [-0.3, -0.25) is 4.79 Å². The number of hydrogen-bond donors (Lipinski definition) is 2. The van der Waals surface area contributed by atoms with Crippen molar-refractivity contribution >= 4 is 28.4 Å². The molecule has 0 aliphatic carbocycles. The lowest BCUT2D eigenvalue weighted by molar-refractivity contribution is -0.118. The Balaban J connectivity index is 2.19. The van der Waals surface area contributed by atoms with Gasteiger partial charge in [0.1, 0.15) is 11.7 Å². The summed E-state index contributed by atoms with van der Waals surface area (Å²) in [6.07, 6.45) is 0.651. The maximum Gasteiger partial charge on any atom is 0.234 e. The van der Waals surface area contributed by atoms with Crippen LogP contribution in [0, 0.1) is 12.7 Å². The zero-order chi connectivity index (χ0) is 13.1. The summed E-state index contributed by atoms with van der Waals surface area (Å²) in [6.45, 7) is 2.44. The second kappa shape index (κ2) is 5.40. The molecule has 0 aliphatic rings. The third-order valence-corrected chi connectivity index (χ3v) is 3.14. The number of hydrogen-bond acceptors (Lipinski definition) is 1. The lowest BCUT2D eigenvalue weighted by atomic mass is 10.1. The van der Waals surface area contributed by atoms with Crippen molar-refractivity contribution in [2.24, 2.45) is 0 Å². The molecule has 2 rings (SSSR count). The van der Waals surface area contributed by atoms with Crippen LogP contribution in [-0.2, 0) is 11.2 Å². The monoisotopic (exact) mass is 268 g/mol. The Morgan fingerprint density at radius 1 is 1.50 bits per heavy atom. The van der Waals surface area contributed by atoms with Crippen molar-refractivity contribution in [3.8, 4) is 0 Å². The summed E-state index contributed by atoms with van der Waals surface area (Å²) in [4.78, 5) is 14.2. The van der Waals surface area contributed by atoms with E-state index in [1.165, 1.54) is 12.1 Å². The molecule has 0 radical (unpaired) electrons. The molecule has 2 N–H and O–H groups in total. The van der Waals surface area contributed by atoms with Crippen molar-refractivity contribution < 1.29 is 9.18 Å². The summed E-state index contributed by atoms with van der Waals surface area (Å²) in [5.74, 6) is -0.491. The fourth-order valence-electron chi connectivity index (χ4n) is 2.05. The zero-order valence-electron chi connectivity index (χ0n) is 10.0. The molecule has 5 heteroatoms. The first-order valence-corrected chi connectivity index (χ1v) is 6.24. The first kappa shape index (κ1) is 12.9. The van der Waals surface area contributed by atoms with Crippen LogP contribution in [0.15, 0.2) is 18.2 Å². The van der Waals surface area contributed by atoms with Crippen LogP contribution in [0.3, 0.4) is 0 Å². The van der Waals surface area contributed by atoms with E-state index in [0.717, 1.165) is 22.2 Å². The minimum atomic E-state index is -0.257. The van der Waals surface area contributed by atoms with Gasteiger partial charge in [0, 0.05) is 23.1 Å². The number of aryl methyl sites for hydroxylation is 1. The molecule has 0 bridgehead atoms. The first-order chi connectivity index (χ1) is 8.61. The number of aromatic amines is 1. The summed E-state index contributed by atoms with van der Waals surface area (Å²) in [7, 11) is 0. The molecule has 0 unspecified atom stereocenters. The van der Waals surface area contributed by atoms with E-state index in [0.29, 0.717) is 13.0 Å². The van der Waals surface area contributed by atoms with E-state index in [4.69, 9.17) is 11.6 Å². The number of H-pyrrole nitrogens is 1. The number of rotatable bonds is 4. The molecule has 0 saturated carbocycles. The standard InChI is InChI=1S/C13H14ClFN2O/c1-8-10(4-5-16-13(18)7-14)11-6-9(15)2-3-12(11)17-8/h2-3,6,17H,4-5,7H2,1H3,(H,16,18). The Hall–Kier alpha value is -1.55. The Morgan fingerprint density at radius 2 is 2.28 bits per heavy atom. The van der Waals surface area contributed by atoms with Crippen molar-refractivity contribution in [1.29, 1.82) is 0 Å². The van der Waals surface area contributed by atoms with E-state index >= 15 is 0 Å². The summed E-state index contributed by atoms with van der Waals surface area (Å²) >= 11 is 5.39. The summed E-state index contributed by atoms with van der Waals surface area (Å²) in [6, 6.07) is 4.66. The molecule has 1 heterocycles.